The van der Waals surface area contributed by atoms with E-state index in [0.717, 1.165) is 61.6 Å². The van der Waals surface area contributed by atoms with E-state index in [1.807, 2.05) is 65.8 Å². The Morgan fingerprint density at radius 3 is 1.48 bits per heavy atom. The Kier molecular flexibility index (Phi) is 18.4. The largest absolute Gasteiger partial charge is 0.345 e. The van der Waals surface area contributed by atoms with E-state index in [1.165, 1.54) is 33.0 Å². The van der Waals surface area contributed by atoms with Crippen LogP contribution in [-0.4, -0.2) is 82.7 Å². The van der Waals surface area contributed by atoms with Gasteiger partial charge in [-0.15, -0.1) is 0 Å². The van der Waals surface area contributed by atoms with E-state index >= 15 is 0 Å². The number of benzene rings is 1. The zero-order valence-electron chi connectivity index (χ0n) is 48.1. The molecular weight excluding hydrogens is 959 g/mol. The van der Waals surface area contributed by atoms with Crippen LogP contribution in [0.5, 0.6) is 0 Å². The van der Waals surface area contributed by atoms with Crippen molar-refractivity contribution in [2.24, 2.45) is 0 Å². The van der Waals surface area contributed by atoms with Crippen LogP contribution >= 0.6 is 0 Å². The molecule has 0 unspecified atom stereocenters. The van der Waals surface area contributed by atoms with Crippen molar-refractivity contribution >= 4 is 66.2 Å². The van der Waals surface area contributed by atoms with Gasteiger partial charge in [0, 0.05) is 101 Å². The number of aryl methyl sites for hydroxylation is 5. The molecule has 0 atom stereocenters. The predicted molar refractivity (Wildman–Crippen MR) is 313 cm³/mol. The minimum atomic E-state index is 0.345. The summed E-state index contributed by atoms with van der Waals surface area (Å²) in [6, 6.07) is 19.8. The molecule has 12 aromatic rings. The highest BCUT2D eigenvalue weighted by atomic mass is 15.3. The molecule has 1 aromatic carbocycles. The van der Waals surface area contributed by atoms with E-state index in [0.29, 0.717) is 36.3 Å². The third kappa shape index (κ3) is 13.8. The summed E-state index contributed by atoms with van der Waals surface area (Å²) in [7, 11) is 0. The normalized spacial score (nSPS) is 11.4. The average Bonchev–Trinajstić information content (AvgIpc) is 4.26. The SMILES string of the molecule is CC(C)n1ncc2cncnc21.Cc1ccc2c(ccn2C(C)C)c1.Cc1cnc2c(ccn2C(C)C)c1.Cc1cnc2c(cnn2C(C)C)c1.Cc1ncc2ccn(C(C)C)c2n1.Cc1ncc2ncn(C(C)C)c2n1. The molecule has 17 nitrogen and oxygen atoms in total. The van der Waals surface area contributed by atoms with Gasteiger partial charge in [0.05, 0.1) is 30.3 Å². The van der Waals surface area contributed by atoms with Gasteiger partial charge in [-0.05, 0) is 177 Å². The molecule has 12 rings (SSSR count). The van der Waals surface area contributed by atoms with Gasteiger partial charge in [0.2, 0.25) is 0 Å². The topological polar surface area (TPSA) is 171 Å². The molecule has 0 saturated heterocycles. The highest BCUT2D eigenvalue weighted by Crippen LogP contribution is 2.23. The summed E-state index contributed by atoms with van der Waals surface area (Å²) in [5.41, 5.74) is 10.8. The van der Waals surface area contributed by atoms with Crippen molar-refractivity contribution in [1.29, 1.82) is 0 Å². The summed E-state index contributed by atoms with van der Waals surface area (Å²) in [6.07, 6.45) is 22.5. The van der Waals surface area contributed by atoms with Crippen molar-refractivity contribution in [2.45, 2.75) is 154 Å². The van der Waals surface area contributed by atoms with Crippen molar-refractivity contribution in [1.82, 2.24) is 82.7 Å². The van der Waals surface area contributed by atoms with Gasteiger partial charge in [-0.2, -0.15) is 10.2 Å². The zero-order valence-corrected chi connectivity index (χ0v) is 48.1. The molecule has 11 aromatic heterocycles. The van der Waals surface area contributed by atoms with Crippen LogP contribution in [0.4, 0.5) is 0 Å². The number of hydrogen-bond donors (Lipinski definition) is 0. The Balaban J connectivity index is 0.000000134. The van der Waals surface area contributed by atoms with Crippen LogP contribution in [0.25, 0.3) is 66.2 Å². The molecule has 0 aliphatic carbocycles. The molecule has 0 spiro atoms. The maximum absolute atomic E-state index is 4.42. The van der Waals surface area contributed by atoms with E-state index in [4.69, 9.17) is 0 Å². The van der Waals surface area contributed by atoms with Crippen molar-refractivity contribution < 1.29 is 0 Å². The van der Waals surface area contributed by atoms with Crippen LogP contribution < -0.4 is 0 Å². The molecule has 0 bridgehead atoms. The number of rotatable bonds is 6. The Morgan fingerprint density at radius 1 is 0.351 bits per heavy atom. The number of pyridine rings is 2. The van der Waals surface area contributed by atoms with Crippen LogP contribution in [0.15, 0.2) is 123 Å². The fraction of sp³-hybridized carbons (Fsp3) is 0.383. The number of aromatic nitrogens is 17. The molecule has 77 heavy (non-hydrogen) atoms. The smallest absolute Gasteiger partial charge is 0.163 e. The van der Waals surface area contributed by atoms with Crippen LogP contribution in [0, 0.1) is 34.6 Å². The van der Waals surface area contributed by atoms with Crippen LogP contribution in [0.1, 0.15) is 148 Å². The van der Waals surface area contributed by atoms with Crippen LogP contribution in [0.2, 0.25) is 0 Å². The molecule has 0 N–H and O–H groups in total. The van der Waals surface area contributed by atoms with Crippen molar-refractivity contribution in [3.63, 3.8) is 0 Å². The average molecular weight is 1040 g/mol. The molecule has 0 radical (unpaired) electrons. The molecule has 0 amide bonds. The van der Waals surface area contributed by atoms with Gasteiger partial charge in [0.25, 0.3) is 0 Å². The van der Waals surface area contributed by atoms with Gasteiger partial charge in [-0.25, -0.2) is 54.2 Å². The fourth-order valence-electron chi connectivity index (χ4n) is 8.64. The van der Waals surface area contributed by atoms with Gasteiger partial charge >= 0.3 is 0 Å². The minimum Gasteiger partial charge on any atom is -0.345 e. The summed E-state index contributed by atoms with van der Waals surface area (Å²) >= 11 is 0. The van der Waals surface area contributed by atoms with E-state index in [9.17, 15) is 0 Å². The van der Waals surface area contributed by atoms with E-state index in [2.05, 4.69) is 233 Å². The van der Waals surface area contributed by atoms with Crippen molar-refractivity contribution in [3.05, 3.63) is 151 Å². The van der Waals surface area contributed by atoms with E-state index in [-0.39, 0.29) is 0 Å². The first-order valence-electron chi connectivity index (χ1n) is 26.6. The molecule has 11 heterocycles. The Bertz CT molecular complexity index is 3530. The van der Waals surface area contributed by atoms with Crippen molar-refractivity contribution in [3.8, 4) is 0 Å². The van der Waals surface area contributed by atoms with Crippen LogP contribution in [-0.2, 0) is 0 Å². The molecule has 0 aliphatic rings. The number of fused-ring (bicyclic) bond motifs is 6. The second-order valence-electron chi connectivity index (χ2n) is 21.1. The summed E-state index contributed by atoms with van der Waals surface area (Å²) in [5, 5.41) is 14.3. The van der Waals surface area contributed by atoms with Gasteiger partial charge < -0.3 is 18.3 Å². The summed E-state index contributed by atoms with van der Waals surface area (Å²) in [4.78, 5) is 38.1. The molecule has 17 heteroatoms. The molecule has 0 fully saturated rings. The maximum Gasteiger partial charge on any atom is 0.163 e. The third-order valence-electron chi connectivity index (χ3n) is 12.6. The third-order valence-corrected chi connectivity index (χ3v) is 12.6. The van der Waals surface area contributed by atoms with Crippen LogP contribution in [0.3, 0.4) is 0 Å². The predicted octanol–water partition coefficient (Wildman–Crippen LogP) is 14.2. The van der Waals surface area contributed by atoms with E-state index < -0.39 is 0 Å². The second kappa shape index (κ2) is 25.1. The van der Waals surface area contributed by atoms with E-state index in [1.54, 1.807) is 24.9 Å². The minimum absolute atomic E-state index is 0.345. The molecule has 0 aliphatic heterocycles. The fourth-order valence-corrected chi connectivity index (χ4v) is 8.64. The quantitative estimate of drug-likeness (QED) is 0.155. The van der Waals surface area contributed by atoms with Gasteiger partial charge in [-0.1, -0.05) is 11.6 Å². The Labute approximate surface area is 452 Å². The lowest BCUT2D eigenvalue weighted by molar-refractivity contribution is 0.546. The number of nitrogens with zero attached hydrogens (tertiary/aromatic N) is 17. The summed E-state index contributed by atoms with van der Waals surface area (Å²) in [5.74, 6) is 1.61. The van der Waals surface area contributed by atoms with Gasteiger partial charge in [-0.3, -0.25) is 0 Å². The van der Waals surface area contributed by atoms with Gasteiger partial charge in [0.15, 0.2) is 16.9 Å². The Hall–Kier alpha value is -8.21. The lowest BCUT2D eigenvalue weighted by atomic mass is 10.2. The molecular formula is C60H77N17. The lowest BCUT2D eigenvalue weighted by Crippen LogP contribution is -2.02. The maximum atomic E-state index is 4.42. The number of imidazole rings is 1. The highest BCUT2D eigenvalue weighted by molar-refractivity contribution is 5.81. The standard InChI is InChI=1S/C12H15N.C11H14N2.2C10H13N3.C9H12N4.C8H10N4/c1-9(2)13-7-6-11-8-10(3)4-5-12(11)13;1-8(2)13-5-4-10-6-9(3)7-12-11(10)13;1-7(2)13-10-9(6-12-13)4-8(3)5-11-10;1-7(2)13-5-4-9-6-11-8(3)12-10(9)13;1-6(2)13-5-11-8-4-10-7(3)12-9(8)13;1-6(2)12-8-7(4-11-12)3-9-5-10-8/h4-9H,1-3H3;4-8H,1-3H3;2*4-7H,1-3H3;4-6H,1-3H3;3-6H,1-2H3. The first-order chi connectivity index (χ1) is 36.7. The Morgan fingerprint density at radius 2 is 0.857 bits per heavy atom. The first kappa shape index (κ1) is 56.5. The van der Waals surface area contributed by atoms with Crippen molar-refractivity contribution in [2.75, 3.05) is 0 Å². The number of hydrogen-bond acceptors (Lipinski definition) is 11. The van der Waals surface area contributed by atoms with Gasteiger partial charge in [0.1, 0.15) is 34.8 Å². The lowest BCUT2D eigenvalue weighted by Gasteiger charge is -2.08. The monoisotopic (exact) mass is 1040 g/mol. The highest BCUT2D eigenvalue weighted by Gasteiger charge is 2.10. The molecule has 402 valence electrons. The zero-order chi connectivity index (χ0) is 55.7. The first-order valence-corrected chi connectivity index (χ1v) is 26.6. The summed E-state index contributed by atoms with van der Waals surface area (Å²) < 4.78 is 12.5. The second-order valence-corrected chi connectivity index (χ2v) is 21.1. The molecule has 0 saturated carbocycles. The summed E-state index contributed by atoms with van der Waals surface area (Å²) in [6.45, 7) is 35.7.